The van der Waals surface area contributed by atoms with Crippen molar-refractivity contribution in [1.29, 1.82) is 0 Å². The molecule has 6 nitrogen and oxygen atoms in total. The Labute approximate surface area is 146 Å². The van der Waals surface area contributed by atoms with Crippen molar-refractivity contribution < 1.29 is 0 Å². The maximum atomic E-state index is 4.75. The van der Waals surface area contributed by atoms with Crippen LogP contribution < -0.4 is 5.32 Å². The number of aromatic nitrogens is 4. The van der Waals surface area contributed by atoms with Crippen molar-refractivity contribution in [3.05, 3.63) is 36.3 Å². The molecule has 3 aromatic heterocycles. The Morgan fingerprint density at radius 2 is 2.00 bits per heavy atom. The van der Waals surface area contributed by atoms with Crippen LogP contribution in [-0.4, -0.2) is 38.7 Å². The highest BCUT2D eigenvalue weighted by atomic mass is 15.1. The zero-order valence-electron chi connectivity index (χ0n) is 14.4. The molecule has 0 radical (unpaired) electrons. The van der Waals surface area contributed by atoms with Crippen LogP contribution in [0.15, 0.2) is 35.6 Å². The molecular formula is C19H22N6. The van der Waals surface area contributed by atoms with Crippen molar-refractivity contribution in [3.63, 3.8) is 0 Å². The predicted octanol–water partition coefficient (Wildman–Crippen LogP) is 3.75. The van der Waals surface area contributed by atoms with Crippen LogP contribution in [0, 0.1) is 6.92 Å². The first kappa shape index (κ1) is 15.7. The van der Waals surface area contributed by atoms with Gasteiger partial charge in [-0.2, -0.15) is 0 Å². The van der Waals surface area contributed by atoms with Gasteiger partial charge < -0.3 is 10.3 Å². The minimum atomic E-state index is 0.402. The Morgan fingerprint density at radius 1 is 1.16 bits per heavy atom. The van der Waals surface area contributed by atoms with Crippen molar-refractivity contribution in [2.75, 3.05) is 5.32 Å². The number of aromatic amines is 1. The minimum absolute atomic E-state index is 0.402. The second kappa shape index (κ2) is 6.63. The number of fused-ring (bicyclic) bond motifs is 1. The molecule has 0 unspecified atom stereocenters. The van der Waals surface area contributed by atoms with Crippen molar-refractivity contribution in [3.8, 4) is 11.3 Å². The van der Waals surface area contributed by atoms with E-state index in [9.17, 15) is 0 Å². The molecule has 3 heterocycles. The molecule has 25 heavy (non-hydrogen) atoms. The fraction of sp³-hybridized carbons (Fsp3) is 0.368. The molecule has 0 amide bonds. The number of hydrogen-bond donors (Lipinski definition) is 2. The van der Waals surface area contributed by atoms with Crippen LogP contribution in [0.2, 0.25) is 0 Å². The molecule has 0 saturated heterocycles. The molecule has 0 aliphatic heterocycles. The molecule has 4 rings (SSSR count). The van der Waals surface area contributed by atoms with E-state index in [0.717, 1.165) is 53.7 Å². The van der Waals surface area contributed by atoms with Gasteiger partial charge in [0.1, 0.15) is 5.65 Å². The van der Waals surface area contributed by atoms with Gasteiger partial charge in [0.05, 0.1) is 5.69 Å². The number of nitrogens with one attached hydrogen (secondary N) is 2. The number of aliphatic imine (C=N–C) groups is 1. The molecule has 2 N–H and O–H groups in total. The van der Waals surface area contributed by atoms with Gasteiger partial charge in [-0.05, 0) is 57.5 Å². The number of nitrogens with zero attached hydrogens (tertiary/aromatic N) is 4. The van der Waals surface area contributed by atoms with Crippen molar-refractivity contribution in [2.45, 2.75) is 44.7 Å². The lowest BCUT2D eigenvalue weighted by Gasteiger charge is -2.26. The van der Waals surface area contributed by atoms with Gasteiger partial charge in [0.25, 0.3) is 0 Å². The molecule has 3 aromatic rings. The third-order valence-corrected chi connectivity index (χ3v) is 4.96. The predicted molar refractivity (Wildman–Crippen MR) is 101 cm³/mol. The van der Waals surface area contributed by atoms with Gasteiger partial charge in [0.2, 0.25) is 5.95 Å². The number of rotatable bonds is 4. The van der Waals surface area contributed by atoms with Crippen molar-refractivity contribution >= 4 is 23.7 Å². The molecule has 1 aliphatic rings. The lowest BCUT2D eigenvalue weighted by Crippen LogP contribution is -2.28. The second-order valence-corrected chi connectivity index (χ2v) is 6.62. The molecule has 6 heteroatoms. The lowest BCUT2D eigenvalue weighted by molar-refractivity contribution is 0.413. The summed E-state index contributed by atoms with van der Waals surface area (Å²) < 4.78 is 0. The topological polar surface area (TPSA) is 78.9 Å². The van der Waals surface area contributed by atoms with E-state index < -0.39 is 0 Å². The smallest absolute Gasteiger partial charge is 0.223 e. The summed E-state index contributed by atoms with van der Waals surface area (Å²) in [6, 6.07) is 6.78. The molecule has 1 saturated carbocycles. The van der Waals surface area contributed by atoms with E-state index in [0.29, 0.717) is 18.0 Å². The van der Waals surface area contributed by atoms with Gasteiger partial charge in [-0.25, -0.2) is 15.0 Å². The van der Waals surface area contributed by atoms with Gasteiger partial charge in [0.15, 0.2) is 0 Å². The number of H-pyrrole nitrogens is 1. The third-order valence-electron chi connectivity index (χ3n) is 4.96. The van der Waals surface area contributed by atoms with Crippen LogP contribution in [0.3, 0.4) is 0 Å². The van der Waals surface area contributed by atoms with E-state index >= 15 is 0 Å². The number of aryl methyl sites for hydroxylation is 1. The molecule has 1 fully saturated rings. The minimum Gasteiger partial charge on any atom is -0.351 e. The van der Waals surface area contributed by atoms with E-state index in [1.807, 2.05) is 18.3 Å². The molecule has 128 valence electrons. The van der Waals surface area contributed by atoms with Crippen LogP contribution in [0.25, 0.3) is 22.3 Å². The van der Waals surface area contributed by atoms with Gasteiger partial charge in [-0.15, -0.1) is 0 Å². The average Bonchev–Trinajstić information content (AvgIpc) is 2.98. The summed E-state index contributed by atoms with van der Waals surface area (Å²) in [4.78, 5) is 21.0. The second-order valence-electron chi connectivity index (χ2n) is 6.62. The van der Waals surface area contributed by atoms with Gasteiger partial charge in [-0.3, -0.25) is 4.99 Å². The normalized spacial score (nSPS) is 20.5. The summed E-state index contributed by atoms with van der Waals surface area (Å²) in [5.41, 5.74) is 3.96. The van der Waals surface area contributed by atoms with Crippen LogP contribution >= 0.6 is 0 Å². The number of hydrogen-bond acceptors (Lipinski definition) is 5. The highest BCUT2D eigenvalue weighted by Crippen LogP contribution is 2.30. The first-order valence-corrected chi connectivity index (χ1v) is 8.73. The molecular weight excluding hydrogens is 312 g/mol. The summed E-state index contributed by atoms with van der Waals surface area (Å²) in [6.07, 6.45) is 7.92. The molecule has 0 spiro atoms. The van der Waals surface area contributed by atoms with E-state index in [2.05, 4.69) is 45.0 Å². The third kappa shape index (κ3) is 3.12. The first-order chi connectivity index (χ1) is 12.2. The van der Waals surface area contributed by atoms with Crippen molar-refractivity contribution in [1.82, 2.24) is 19.9 Å². The summed E-state index contributed by atoms with van der Waals surface area (Å²) >= 11 is 0. The van der Waals surface area contributed by atoms with Gasteiger partial charge >= 0.3 is 0 Å². The highest BCUT2D eigenvalue weighted by Gasteiger charge is 2.21. The van der Waals surface area contributed by atoms with E-state index in [1.165, 1.54) is 0 Å². The fourth-order valence-corrected chi connectivity index (χ4v) is 3.63. The molecule has 0 bridgehead atoms. The number of pyridine rings is 1. The molecule has 0 atom stereocenters. The largest absolute Gasteiger partial charge is 0.351 e. The van der Waals surface area contributed by atoms with Gasteiger partial charge in [-0.1, -0.05) is 0 Å². The Kier molecular flexibility index (Phi) is 4.17. The van der Waals surface area contributed by atoms with Gasteiger partial charge in [0, 0.05) is 41.1 Å². The maximum Gasteiger partial charge on any atom is 0.223 e. The summed E-state index contributed by atoms with van der Waals surface area (Å²) in [5.74, 6) is 0.685. The van der Waals surface area contributed by atoms with Crippen LogP contribution in [-0.2, 0) is 0 Å². The van der Waals surface area contributed by atoms with E-state index in [1.54, 1.807) is 6.20 Å². The SMILES string of the molecule is C=NC1CCC(Nc2nccc(-c3c(C)[nH]c4ncccc34)n2)CC1. The van der Waals surface area contributed by atoms with E-state index in [-0.39, 0.29) is 0 Å². The molecule has 0 aromatic carbocycles. The summed E-state index contributed by atoms with van der Waals surface area (Å²) in [6.45, 7) is 5.71. The van der Waals surface area contributed by atoms with E-state index in [4.69, 9.17) is 4.98 Å². The monoisotopic (exact) mass is 334 g/mol. The molecule has 1 aliphatic carbocycles. The number of anilines is 1. The zero-order valence-corrected chi connectivity index (χ0v) is 14.4. The first-order valence-electron chi connectivity index (χ1n) is 8.73. The standard InChI is InChI=1S/C19H22N6/c1-12-17(15-4-3-10-21-18(15)23-12)16-9-11-22-19(25-16)24-14-7-5-13(20-2)6-8-14/h3-4,9-11,13-14H,2,5-8H2,1H3,(H,21,23)(H,22,24,25). The van der Waals surface area contributed by atoms with Crippen LogP contribution in [0.1, 0.15) is 31.4 Å². The summed E-state index contributed by atoms with van der Waals surface area (Å²) in [7, 11) is 0. The Hall–Kier alpha value is -2.76. The average molecular weight is 334 g/mol. The highest BCUT2D eigenvalue weighted by molar-refractivity contribution is 5.94. The van der Waals surface area contributed by atoms with Crippen LogP contribution in [0.5, 0.6) is 0 Å². The Bertz CT molecular complexity index is 892. The fourth-order valence-electron chi connectivity index (χ4n) is 3.63. The van der Waals surface area contributed by atoms with Crippen LogP contribution in [0.4, 0.5) is 5.95 Å². The Morgan fingerprint density at radius 3 is 2.80 bits per heavy atom. The lowest BCUT2D eigenvalue weighted by atomic mass is 9.92. The quantitative estimate of drug-likeness (QED) is 0.712. The Balaban J connectivity index is 1.59. The summed E-state index contributed by atoms with van der Waals surface area (Å²) in [5, 5.41) is 4.57. The van der Waals surface area contributed by atoms with Crippen molar-refractivity contribution in [2.24, 2.45) is 4.99 Å². The maximum absolute atomic E-state index is 4.75. The zero-order chi connectivity index (χ0) is 17.2.